The summed E-state index contributed by atoms with van der Waals surface area (Å²) in [6, 6.07) is 24.3. The van der Waals surface area contributed by atoms with Gasteiger partial charge in [-0.15, -0.1) is 0 Å². The first kappa shape index (κ1) is 13.1. The molecule has 0 atom stereocenters. The zero-order valence-corrected chi connectivity index (χ0v) is 11.4. The first-order chi connectivity index (χ1) is 10.4. The average Bonchev–Trinajstić information content (AvgIpc) is 2.58. The van der Waals surface area contributed by atoms with E-state index in [-0.39, 0.29) is 5.91 Å². The number of carbonyl (C=O) groups excluding carboxylic acids is 1. The van der Waals surface area contributed by atoms with E-state index in [1.807, 2.05) is 66.7 Å². The van der Waals surface area contributed by atoms with Crippen molar-refractivity contribution in [2.75, 3.05) is 4.90 Å². The topological polar surface area (TPSA) is 33.2 Å². The van der Waals surface area contributed by atoms with Crippen LogP contribution in [0.25, 0.3) is 0 Å². The monoisotopic (exact) mass is 274 g/mol. The highest BCUT2D eigenvalue weighted by Crippen LogP contribution is 2.25. The highest BCUT2D eigenvalue weighted by molar-refractivity contribution is 6.10. The number of pyridine rings is 1. The summed E-state index contributed by atoms with van der Waals surface area (Å²) in [6.45, 7) is 0. The number of benzene rings is 2. The van der Waals surface area contributed by atoms with Crippen LogP contribution in [0.3, 0.4) is 0 Å². The Labute approximate surface area is 123 Å². The molecule has 1 amide bonds. The maximum atomic E-state index is 12.8. The van der Waals surface area contributed by atoms with Crippen molar-refractivity contribution in [1.29, 1.82) is 0 Å². The van der Waals surface area contributed by atoms with Crippen molar-refractivity contribution >= 4 is 17.4 Å². The van der Waals surface area contributed by atoms with Crippen LogP contribution >= 0.6 is 0 Å². The van der Waals surface area contributed by atoms with Crippen LogP contribution in [0.4, 0.5) is 11.5 Å². The van der Waals surface area contributed by atoms with Gasteiger partial charge in [0, 0.05) is 11.8 Å². The van der Waals surface area contributed by atoms with Crippen molar-refractivity contribution in [2.24, 2.45) is 0 Å². The van der Waals surface area contributed by atoms with Gasteiger partial charge in [-0.05, 0) is 36.4 Å². The van der Waals surface area contributed by atoms with Crippen molar-refractivity contribution in [3.63, 3.8) is 0 Å². The molecule has 0 aliphatic rings. The molecule has 3 aromatic rings. The number of aromatic nitrogens is 1. The Morgan fingerprint density at radius 3 is 2.00 bits per heavy atom. The minimum atomic E-state index is -0.0968. The standard InChI is InChI=1S/C18H14N2O/c21-18(15-9-3-1-4-10-15)20(16-11-5-2-6-12-16)17-13-7-8-14-19-17/h1-14H. The van der Waals surface area contributed by atoms with E-state index < -0.39 is 0 Å². The van der Waals surface area contributed by atoms with Crippen molar-refractivity contribution in [2.45, 2.75) is 0 Å². The zero-order valence-electron chi connectivity index (χ0n) is 11.4. The first-order valence-corrected chi connectivity index (χ1v) is 6.72. The molecule has 0 saturated carbocycles. The summed E-state index contributed by atoms with van der Waals surface area (Å²) in [5.41, 5.74) is 1.43. The molecule has 0 N–H and O–H groups in total. The number of carbonyl (C=O) groups is 1. The highest BCUT2D eigenvalue weighted by Gasteiger charge is 2.20. The first-order valence-electron chi connectivity index (χ1n) is 6.72. The highest BCUT2D eigenvalue weighted by atomic mass is 16.2. The van der Waals surface area contributed by atoms with Gasteiger partial charge in [-0.25, -0.2) is 4.98 Å². The van der Waals surface area contributed by atoms with E-state index in [2.05, 4.69) is 4.98 Å². The molecule has 21 heavy (non-hydrogen) atoms. The van der Waals surface area contributed by atoms with E-state index in [4.69, 9.17) is 0 Å². The second kappa shape index (κ2) is 6.01. The number of amides is 1. The lowest BCUT2D eigenvalue weighted by Crippen LogP contribution is -2.26. The molecule has 0 bridgehead atoms. The number of anilines is 2. The van der Waals surface area contributed by atoms with E-state index in [9.17, 15) is 4.79 Å². The van der Waals surface area contributed by atoms with Gasteiger partial charge in [-0.3, -0.25) is 9.69 Å². The predicted molar refractivity (Wildman–Crippen MR) is 83.6 cm³/mol. The van der Waals surface area contributed by atoms with Crippen LogP contribution in [0.5, 0.6) is 0 Å². The molecule has 3 heteroatoms. The maximum Gasteiger partial charge on any atom is 0.264 e. The van der Waals surface area contributed by atoms with E-state index in [0.29, 0.717) is 11.4 Å². The van der Waals surface area contributed by atoms with Crippen LogP contribution < -0.4 is 4.90 Å². The van der Waals surface area contributed by atoms with Gasteiger partial charge in [0.1, 0.15) is 5.82 Å². The molecule has 0 unspecified atom stereocenters. The number of nitrogens with zero attached hydrogens (tertiary/aromatic N) is 2. The Balaban J connectivity index is 2.07. The number of para-hydroxylation sites is 1. The maximum absolute atomic E-state index is 12.8. The molecule has 0 saturated heterocycles. The normalized spacial score (nSPS) is 10.1. The third kappa shape index (κ3) is 2.82. The summed E-state index contributed by atoms with van der Waals surface area (Å²) in [6.07, 6.45) is 1.68. The molecule has 1 heterocycles. The zero-order chi connectivity index (χ0) is 14.5. The molecule has 0 fully saturated rings. The molecule has 0 aliphatic carbocycles. The van der Waals surface area contributed by atoms with Crippen molar-refractivity contribution < 1.29 is 4.79 Å². The SMILES string of the molecule is O=C(c1ccccc1)N(c1ccccc1)c1ccccn1. The van der Waals surface area contributed by atoms with Crippen molar-refractivity contribution in [1.82, 2.24) is 4.98 Å². The summed E-state index contributed by atoms with van der Waals surface area (Å²) in [5.74, 6) is 0.512. The molecule has 0 radical (unpaired) electrons. The Bertz CT molecular complexity index is 672. The van der Waals surface area contributed by atoms with Crippen LogP contribution in [0.2, 0.25) is 0 Å². The van der Waals surface area contributed by atoms with Crippen LogP contribution in [-0.2, 0) is 0 Å². The Hall–Kier alpha value is -2.94. The minimum absolute atomic E-state index is 0.0968. The van der Waals surface area contributed by atoms with Crippen LogP contribution in [0, 0.1) is 0 Å². The van der Waals surface area contributed by atoms with Crippen LogP contribution in [0.15, 0.2) is 85.1 Å². The fraction of sp³-hybridized carbons (Fsp3) is 0. The minimum Gasteiger partial charge on any atom is -0.268 e. The molecule has 0 aliphatic heterocycles. The van der Waals surface area contributed by atoms with Gasteiger partial charge in [0.2, 0.25) is 0 Å². The second-order valence-corrected chi connectivity index (χ2v) is 4.53. The van der Waals surface area contributed by atoms with Crippen LogP contribution in [0.1, 0.15) is 10.4 Å². The molecule has 2 aromatic carbocycles. The summed E-state index contributed by atoms with van der Waals surface area (Å²) in [4.78, 5) is 18.8. The lowest BCUT2D eigenvalue weighted by molar-refractivity contribution is 0.0998. The Morgan fingerprint density at radius 1 is 0.762 bits per heavy atom. The average molecular weight is 274 g/mol. The third-order valence-corrected chi connectivity index (χ3v) is 3.12. The second-order valence-electron chi connectivity index (χ2n) is 4.53. The quantitative estimate of drug-likeness (QED) is 0.721. The Kier molecular flexibility index (Phi) is 3.74. The van der Waals surface area contributed by atoms with Gasteiger partial charge >= 0.3 is 0 Å². The lowest BCUT2D eigenvalue weighted by Gasteiger charge is -2.21. The molecular formula is C18H14N2O. The van der Waals surface area contributed by atoms with Crippen LogP contribution in [-0.4, -0.2) is 10.9 Å². The fourth-order valence-electron chi connectivity index (χ4n) is 2.13. The van der Waals surface area contributed by atoms with E-state index in [0.717, 1.165) is 5.69 Å². The predicted octanol–water partition coefficient (Wildman–Crippen LogP) is 4.06. The van der Waals surface area contributed by atoms with E-state index in [1.54, 1.807) is 23.2 Å². The number of hydrogen-bond acceptors (Lipinski definition) is 2. The lowest BCUT2D eigenvalue weighted by atomic mass is 10.1. The van der Waals surface area contributed by atoms with Gasteiger partial charge < -0.3 is 0 Å². The summed E-state index contributed by atoms with van der Waals surface area (Å²) in [5, 5.41) is 0. The fourth-order valence-corrected chi connectivity index (χ4v) is 2.13. The van der Waals surface area contributed by atoms with Crippen molar-refractivity contribution in [3.8, 4) is 0 Å². The Morgan fingerprint density at radius 2 is 1.38 bits per heavy atom. The molecule has 0 spiro atoms. The molecular weight excluding hydrogens is 260 g/mol. The number of rotatable bonds is 3. The van der Waals surface area contributed by atoms with Gasteiger partial charge in [-0.2, -0.15) is 0 Å². The summed E-state index contributed by atoms with van der Waals surface area (Å²) < 4.78 is 0. The third-order valence-electron chi connectivity index (χ3n) is 3.12. The molecule has 3 nitrogen and oxygen atoms in total. The summed E-state index contributed by atoms with van der Waals surface area (Å²) in [7, 11) is 0. The van der Waals surface area contributed by atoms with E-state index >= 15 is 0 Å². The van der Waals surface area contributed by atoms with Gasteiger partial charge in [0.25, 0.3) is 5.91 Å². The molecule has 3 rings (SSSR count). The summed E-state index contributed by atoms with van der Waals surface area (Å²) >= 11 is 0. The van der Waals surface area contributed by atoms with Gasteiger partial charge in [0.15, 0.2) is 0 Å². The van der Waals surface area contributed by atoms with Gasteiger partial charge in [0.05, 0.1) is 5.69 Å². The van der Waals surface area contributed by atoms with E-state index in [1.165, 1.54) is 0 Å². The van der Waals surface area contributed by atoms with Gasteiger partial charge in [-0.1, -0.05) is 42.5 Å². The number of hydrogen-bond donors (Lipinski definition) is 0. The molecule has 102 valence electrons. The van der Waals surface area contributed by atoms with Crippen molar-refractivity contribution in [3.05, 3.63) is 90.6 Å². The smallest absolute Gasteiger partial charge is 0.264 e. The molecule has 1 aromatic heterocycles. The largest absolute Gasteiger partial charge is 0.268 e.